The van der Waals surface area contributed by atoms with E-state index in [2.05, 4.69) is 6.07 Å². The summed E-state index contributed by atoms with van der Waals surface area (Å²) in [6, 6.07) is 27.1. The molecule has 3 aromatic rings. The highest BCUT2D eigenvalue weighted by Crippen LogP contribution is 2.56. The van der Waals surface area contributed by atoms with Crippen LogP contribution in [0.25, 0.3) is 0 Å². The number of aryl methyl sites for hydroxylation is 1. The first kappa shape index (κ1) is 22.6. The van der Waals surface area contributed by atoms with E-state index in [1.807, 2.05) is 85.8 Å². The standard InChI is InChI=1S/C30H25N5O2/c1-19-12-14-21(15-13-19)35-25-18-34(17-20-8-4-3-5-9-20)28(36)26(25)30(23(16-31)27(35)32)22-10-6-7-11-24(22)33(2)29(30)37/h3-15H,17-18,32H2,1-2H3. The molecule has 6 rings (SSSR count). The molecule has 37 heavy (non-hydrogen) atoms. The molecule has 0 saturated carbocycles. The lowest BCUT2D eigenvalue weighted by Gasteiger charge is -2.39. The van der Waals surface area contributed by atoms with E-state index in [0.29, 0.717) is 29.1 Å². The number of nitrogens with zero attached hydrogens (tertiary/aromatic N) is 4. The maximum Gasteiger partial charge on any atom is 0.254 e. The smallest absolute Gasteiger partial charge is 0.254 e. The molecule has 7 nitrogen and oxygen atoms in total. The van der Waals surface area contributed by atoms with Gasteiger partial charge in [0.1, 0.15) is 17.3 Å². The van der Waals surface area contributed by atoms with Gasteiger partial charge in [-0.2, -0.15) is 5.26 Å². The van der Waals surface area contributed by atoms with Gasteiger partial charge in [-0.1, -0.05) is 66.2 Å². The van der Waals surface area contributed by atoms with Gasteiger partial charge in [0.25, 0.3) is 5.91 Å². The van der Waals surface area contributed by atoms with E-state index in [1.54, 1.807) is 16.8 Å². The maximum absolute atomic E-state index is 14.3. The van der Waals surface area contributed by atoms with Crippen LogP contribution in [0.1, 0.15) is 16.7 Å². The Morgan fingerprint density at radius 1 is 0.973 bits per heavy atom. The fraction of sp³-hybridized carbons (Fsp3) is 0.167. The van der Waals surface area contributed by atoms with E-state index in [-0.39, 0.29) is 29.8 Å². The Bertz CT molecular complexity index is 1570. The third kappa shape index (κ3) is 2.99. The zero-order valence-electron chi connectivity index (χ0n) is 20.6. The Hall–Kier alpha value is -4.83. The summed E-state index contributed by atoms with van der Waals surface area (Å²) in [4.78, 5) is 33.4. The van der Waals surface area contributed by atoms with Gasteiger partial charge in [0, 0.05) is 30.5 Å². The van der Waals surface area contributed by atoms with E-state index in [1.165, 1.54) is 4.90 Å². The summed E-state index contributed by atoms with van der Waals surface area (Å²) < 4.78 is 0. The molecule has 2 N–H and O–H groups in total. The molecule has 1 spiro atoms. The third-order valence-electron chi connectivity index (χ3n) is 7.56. The van der Waals surface area contributed by atoms with E-state index in [9.17, 15) is 14.9 Å². The van der Waals surface area contributed by atoms with Crippen LogP contribution in [-0.2, 0) is 21.5 Å². The summed E-state index contributed by atoms with van der Waals surface area (Å²) >= 11 is 0. The number of anilines is 2. The minimum atomic E-state index is -1.59. The number of hydrogen-bond acceptors (Lipinski definition) is 5. The van der Waals surface area contributed by atoms with E-state index in [4.69, 9.17) is 5.73 Å². The van der Waals surface area contributed by atoms with Gasteiger partial charge in [-0.05, 0) is 30.7 Å². The van der Waals surface area contributed by atoms with Crippen molar-refractivity contribution in [1.29, 1.82) is 5.26 Å². The van der Waals surface area contributed by atoms with Crippen LogP contribution in [0.3, 0.4) is 0 Å². The van der Waals surface area contributed by atoms with Crippen molar-refractivity contribution in [3.63, 3.8) is 0 Å². The van der Waals surface area contributed by atoms with Crippen LogP contribution in [0.15, 0.2) is 102 Å². The number of carbonyl (C=O) groups excluding carboxylic acids is 2. The second-order valence-corrected chi connectivity index (χ2v) is 9.64. The maximum atomic E-state index is 14.3. The van der Waals surface area contributed by atoms with Crippen molar-refractivity contribution in [2.24, 2.45) is 5.73 Å². The molecule has 0 fully saturated rings. The second kappa shape index (κ2) is 8.10. The van der Waals surface area contributed by atoms with Gasteiger partial charge < -0.3 is 15.5 Å². The quantitative estimate of drug-likeness (QED) is 0.608. The summed E-state index contributed by atoms with van der Waals surface area (Å²) in [5.74, 6) is -0.452. The number of fused-ring (bicyclic) bond motifs is 3. The van der Waals surface area contributed by atoms with Crippen molar-refractivity contribution in [1.82, 2.24) is 4.90 Å². The van der Waals surface area contributed by atoms with Gasteiger partial charge in [-0.15, -0.1) is 0 Å². The van der Waals surface area contributed by atoms with E-state index < -0.39 is 5.41 Å². The number of nitriles is 1. The Balaban J connectivity index is 1.61. The number of carbonyl (C=O) groups is 2. The molecule has 3 heterocycles. The number of amides is 2. The Morgan fingerprint density at radius 3 is 2.35 bits per heavy atom. The molecule has 182 valence electrons. The lowest BCUT2D eigenvalue weighted by atomic mass is 9.67. The molecule has 2 amide bonds. The third-order valence-corrected chi connectivity index (χ3v) is 7.56. The van der Waals surface area contributed by atoms with E-state index >= 15 is 0 Å². The monoisotopic (exact) mass is 487 g/mol. The van der Waals surface area contributed by atoms with Crippen LogP contribution < -0.4 is 15.5 Å². The predicted octanol–water partition coefficient (Wildman–Crippen LogP) is 3.72. The largest absolute Gasteiger partial charge is 0.384 e. The normalized spacial score (nSPS) is 20.6. The Kier molecular flexibility index (Phi) is 4.95. The lowest BCUT2D eigenvalue weighted by molar-refractivity contribution is -0.129. The SMILES string of the molecule is Cc1ccc(N2C(N)=C(C#N)C3(C(=O)N(C)c4ccccc43)C3=C2CN(Cc2ccccc2)C3=O)cc1. The lowest BCUT2D eigenvalue weighted by Crippen LogP contribution is -2.50. The second-order valence-electron chi connectivity index (χ2n) is 9.64. The van der Waals surface area contributed by atoms with Crippen LogP contribution in [0.2, 0.25) is 0 Å². The number of para-hydroxylation sites is 1. The van der Waals surface area contributed by atoms with Crippen LogP contribution in [0, 0.1) is 18.3 Å². The van der Waals surface area contributed by atoms with Crippen molar-refractivity contribution in [2.75, 3.05) is 23.4 Å². The molecule has 1 atom stereocenters. The minimum absolute atomic E-state index is 0.0727. The molecular weight excluding hydrogens is 462 g/mol. The fourth-order valence-corrected chi connectivity index (χ4v) is 5.85. The van der Waals surface area contributed by atoms with Crippen molar-refractivity contribution >= 4 is 23.2 Å². The number of nitrogens with two attached hydrogens (primary N) is 1. The predicted molar refractivity (Wildman–Crippen MR) is 141 cm³/mol. The Labute approximate surface area is 215 Å². The van der Waals surface area contributed by atoms with Gasteiger partial charge in [0.05, 0.1) is 23.4 Å². The van der Waals surface area contributed by atoms with Crippen molar-refractivity contribution < 1.29 is 9.59 Å². The molecule has 1 unspecified atom stereocenters. The summed E-state index contributed by atoms with van der Waals surface area (Å²) in [5, 5.41) is 10.5. The van der Waals surface area contributed by atoms with Crippen LogP contribution in [0.4, 0.5) is 11.4 Å². The first-order chi connectivity index (χ1) is 17.9. The molecule has 3 aliphatic heterocycles. The topological polar surface area (TPSA) is 93.7 Å². The number of hydrogen-bond donors (Lipinski definition) is 1. The first-order valence-corrected chi connectivity index (χ1v) is 12.1. The minimum Gasteiger partial charge on any atom is -0.384 e. The highest BCUT2D eigenvalue weighted by atomic mass is 16.2. The average molecular weight is 488 g/mol. The van der Waals surface area contributed by atoms with Crippen molar-refractivity contribution in [3.05, 3.63) is 118 Å². The van der Waals surface area contributed by atoms with Crippen molar-refractivity contribution in [2.45, 2.75) is 18.9 Å². The zero-order valence-corrected chi connectivity index (χ0v) is 20.6. The molecule has 0 radical (unpaired) electrons. The number of likely N-dealkylation sites (N-methyl/N-ethyl adjacent to an activating group) is 1. The molecule has 0 saturated heterocycles. The molecule has 0 aromatic heterocycles. The van der Waals surface area contributed by atoms with Gasteiger partial charge >= 0.3 is 0 Å². The van der Waals surface area contributed by atoms with Gasteiger partial charge in [0.15, 0.2) is 0 Å². The molecule has 7 heteroatoms. The summed E-state index contributed by atoms with van der Waals surface area (Å²) in [5.41, 5.74) is 10.2. The van der Waals surface area contributed by atoms with E-state index in [0.717, 1.165) is 16.8 Å². The summed E-state index contributed by atoms with van der Waals surface area (Å²) in [6.07, 6.45) is 0. The first-order valence-electron chi connectivity index (χ1n) is 12.1. The van der Waals surface area contributed by atoms with Gasteiger partial charge in [-0.25, -0.2) is 0 Å². The molecule has 3 aliphatic rings. The number of rotatable bonds is 3. The van der Waals surface area contributed by atoms with Gasteiger partial charge in [0.2, 0.25) is 5.91 Å². The van der Waals surface area contributed by atoms with Crippen molar-refractivity contribution in [3.8, 4) is 6.07 Å². The highest BCUT2D eigenvalue weighted by Gasteiger charge is 2.63. The summed E-state index contributed by atoms with van der Waals surface area (Å²) in [6.45, 7) is 2.62. The molecular formula is C30H25N5O2. The fourth-order valence-electron chi connectivity index (χ4n) is 5.85. The highest BCUT2D eigenvalue weighted by molar-refractivity contribution is 6.20. The van der Waals surface area contributed by atoms with Gasteiger partial charge in [-0.3, -0.25) is 14.5 Å². The van der Waals surface area contributed by atoms with Crippen LogP contribution in [0.5, 0.6) is 0 Å². The average Bonchev–Trinajstić information content (AvgIpc) is 3.34. The Morgan fingerprint density at radius 2 is 1.65 bits per heavy atom. The summed E-state index contributed by atoms with van der Waals surface area (Å²) in [7, 11) is 1.68. The molecule has 0 aliphatic carbocycles. The molecule has 0 bridgehead atoms. The number of benzene rings is 3. The van der Waals surface area contributed by atoms with Crippen LogP contribution in [-0.4, -0.2) is 30.3 Å². The zero-order chi connectivity index (χ0) is 25.9. The molecule has 3 aromatic carbocycles. The van der Waals surface area contributed by atoms with Crippen LogP contribution >= 0.6 is 0 Å².